The highest BCUT2D eigenvalue weighted by molar-refractivity contribution is 7.80. The third kappa shape index (κ3) is 3.16. The molecule has 1 unspecified atom stereocenters. The Balaban J connectivity index is 2.86. The smallest absolute Gasteiger partial charge is 0.235 e. The molecule has 1 fully saturated rings. The zero-order valence-electron chi connectivity index (χ0n) is 11.2. The van der Waals surface area contributed by atoms with Crippen molar-refractivity contribution in [2.45, 2.75) is 46.3 Å². The highest BCUT2D eigenvalue weighted by atomic mass is 32.1. The van der Waals surface area contributed by atoms with Crippen molar-refractivity contribution in [3.8, 4) is 0 Å². The zero-order valence-corrected chi connectivity index (χ0v) is 12.1. The SMILES string of the molecule is CC1CN(C(=O)C(C)(C)C(N)=S)CC(C)(C)O1. The fraction of sp³-hybridized carbons (Fsp3) is 0.833. The Kier molecular flexibility index (Phi) is 3.84. The van der Waals surface area contributed by atoms with E-state index < -0.39 is 5.41 Å². The molecule has 1 aliphatic rings. The molecule has 0 bridgehead atoms. The van der Waals surface area contributed by atoms with Crippen LogP contribution < -0.4 is 5.73 Å². The van der Waals surface area contributed by atoms with E-state index in [9.17, 15) is 4.79 Å². The van der Waals surface area contributed by atoms with Gasteiger partial charge in [0.25, 0.3) is 0 Å². The molecule has 0 aromatic rings. The van der Waals surface area contributed by atoms with E-state index in [1.54, 1.807) is 18.7 Å². The van der Waals surface area contributed by atoms with Gasteiger partial charge in [-0.1, -0.05) is 12.2 Å². The van der Waals surface area contributed by atoms with Gasteiger partial charge < -0.3 is 15.4 Å². The summed E-state index contributed by atoms with van der Waals surface area (Å²) in [5.74, 6) is -0.0202. The summed E-state index contributed by atoms with van der Waals surface area (Å²) >= 11 is 4.96. The van der Waals surface area contributed by atoms with Crippen molar-refractivity contribution in [3.05, 3.63) is 0 Å². The maximum absolute atomic E-state index is 12.4. The predicted molar refractivity (Wildman–Crippen MR) is 71.8 cm³/mol. The van der Waals surface area contributed by atoms with Crippen LogP contribution in [0.25, 0.3) is 0 Å². The molecule has 0 aromatic carbocycles. The highest BCUT2D eigenvalue weighted by Crippen LogP contribution is 2.26. The molecule has 0 aliphatic carbocycles. The molecule has 1 atom stereocenters. The summed E-state index contributed by atoms with van der Waals surface area (Å²) in [5.41, 5.74) is 4.52. The quantitative estimate of drug-likeness (QED) is 0.759. The maximum atomic E-state index is 12.4. The highest BCUT2D eigenvalue weighted by Gasteiger charge is 2.40. The minimum Gasteiger partial charge on any atom is -0.392 e. The number of rotatable bonds is 2. The molecule has 2 N–H and O–H groups in total. The van der Waals surface area contributed by atoms with Gasteiger partial charge in [0.2, 0.25) is 5.91 Å². The van der Waals surface area contributed by atoms with Crippen LogP contribution in [0.2, 0.25) is 0 Å². The van der Waals surface area contributed by atoms with E-state index in [0.717, 1.165) is 0 Å². The molecule has 0 radical (unpaired) electrons. The van der Waals surface area contributed by atoms with E-state index in [-0.39, 0.29) is 22.6 Å². The summed E-state index contributed by atoms with van der Waals surface area (Å²) in [4.78, 5) is 14.4. The summed E-state index contributed by atoms with van der Waals surface area (Å²) in [6, 6.07) is 0. The number of thiocarbonyl (C=S) groups is 1. The molecule has 1 rings (SSSR count). The van der Waals surface area contributed by atoms with Crippen molar-refractivity contribution in [3.63, 3.8) is 0 Å². The van der Waals surface area contributed by atoms with Gasteiger partial charge in [0, 0.05) is 13.1 Å². The third-order valence-electron chi connectivity index (χ3n) is 3.01. The van der Waals surface area contributed by atoms with Gasteiger partial charge in [-0.25, -0.2) is 0 Å². The van der Waals surface area contributed by atoms with Crippen LogP contribution in [-0.4, -0.2) is 40.6 Å². The second-order valence-electron chi connectivity index (χ2n) is 5.86. The molecule has 1 amide bonds. The Morgan fingerprint density at radius 1 is 1.53 bits per heavy atom. The van der Waals surface area contributed by atoms with E-state index in [1.165, 1.54) is 0 Å². The lowest BCUT2D eigenvalue weighted by atomic mass is 9.90. The van der Waals surface area contributed by atoms with E-state index in [1.807, 2.05) is 20.8 Å². The third-order valence-corrected chi connectivity index (χ3v) is 3.52. The van der Waals surface area contributed by atoms with Crippen molar-refractivity contribution < 1.29 is 9.53 Å². The van der Waals surface area contributed by atoms with Gasteiger partial charge in [-0.2, -0.15) is 0 Å². The number of amides is 1. The minimum absolute atomic E-state index is 0.0202. The molecular formula is C12H22N2O2S. The molecule has 0 aromatic heterocycles. The number of morpholine rings is 1. The Morgan fingerprint density at radius 2 is 2.06 bits per heavy atom. The minimum atomic E-state index is -0.789. The van der Waals surface area contributed by atoms with Crippen LogP contribution in [0.5, 0.6) is 0 Å². The van der Waals surface area contributed by atoms with Gasteiger partial charge in [0.1, 0.15) is 0 Å². The maximum Gasteiger partial charge on any atom is 0.235 e. The fourth-order valence-corrected chi connectivity index (χ4v) is 2.20. The van der Waals surface area contributed by atoms with Crippen LogP contribution in [0.3, 0.4) is 0 Å². The fourth-order valence-electron chi connectivity index (χ4n) is 2.11. The van der Waals surface area contributed by atoms with Crippen molar-refractivity contribution in [2.24, 2.45) is 11.1 Å². The summed E-state index contributed by atoms with van der Waals surface area (Å²) in [5, 5.41) is 0. The first-order chi connectivity index (χ1) is 7.56. The largest absolute Gasteiger partial charge is 0.392 e. The van der Waals surface area contributed by atoms with E-state index in [4.69, 9.17) is 22.7 Å². The number of nitrogens with two attached hydrogens (primary N) is 1. The average molecular weight is 258 g/mol. The van der Waals surface area contributed by atoms with Gasteiger partial charge in [0.15, 0.2) is 0 Å². The predicted octanol–water partition coefficient (Wildman–Crippen LogP) is 1.32. The summed E-state index contributed by atoms with van der Waals surface area (Å²) in [6.07, 6.45) is 0.0323. The van der Waals surface area contributed by atoms with Crippen LogP contribution in [0.15, 0.2) is 0 Å². The van der Waals surface area contributed by atoms with Gasteiger partial charge in [-0.15, -0.1) is 0 Å². The molecule has 98 valence electrons. The van der Waals surface area contributed by atoms with Gasteiger partial charge in [0.05, 0.1) is 22.1 Å². The first-order valence-electron chi connectivity index (χ1n) is 5.83. The van der Waals surface area contributed by atoms with Crippen molar-refractivity contribution in [1.82, 2.24) is 4.90 Å². The standard InChI is InChI=1S/C12H22N2O2S/c1-8-6-14(7-11(2,3)16-8)10(15)12(4,5)9(13)17/h8H,6-7H2,1-5H3,(H2,13,17). The zero-order chi connectivity index (χ0) is 13.4. The number of hydrogen-bond donors (Lipinski definition) is 1. The molecular weight excluding hydrogens is 236 g/mol. The van der Waals surface area contributed by atoms with Crippen LogP contribution in [0.4, 0.5) is 0 Å². The van der Waals surface area contributed by atoms with Crippen LogP contribution >= 0.6 is 12.2 Å². The summed E-state index contributed by atoms with van der Waals surface area (Å²) < 4.78 is 5.77. The molecule has 1 aliphatic heterocycles. The molecule has 0 saturated carbocycles. The number of carbonyl (C=O) groups excluding carboxylic acids is 1. The first kappa shape index (κ1) is 14.4. The lowest BCUT2D eigenvalue weighted by Gasteiger charge is -2.44. The number of ether oxygens (including phenoxy) is 1. The van der Waals surface area contributed by atoms with Crippen LogP contribution in [0, 0.1) is 5.41 Å². The second kappa shape index (κ2) is 4.53. The summed E-state index contributed by atoms with van der Waals surface area (Å²) in [7, 11) is 0. The number of carbonyl (C=O) groups is 1. The molecule has 5 heteroatoms. The van der Waals surface area contributed by atoms with E-state index >= 15 is 0 Å². The first-order valence-corrected chi connectivity index (χ1v) is 6.24. The molecule has 0 spiro atoms. The Labute approximate surface area is 108 Å². The Bertz CT molecular complexity index is 339. The Hall–Kier alpha value is -0.680. The Morgan fingerprint density at radius 3 is 2.47 bits per heavy atom. The van der Waals surface area contributed by atoms with E-state index in [0.29, 0.717) is 13.1 Å². The number of hydrogen-bond acceptors (Lipinski definition) is 3. The molecule has 17 heavy (non-hydrogen) atoms. The van der Waals surface area contributed by atoms with Gasteiger partial charge in [-0.3, -0.25) is 4.79 Å². The van der Waals surface area contributed by atoms with Crippen LogP contribution in [-0.2, 0) is 9.53 Å². The van der Waals surface area contributed by atoms with Crippen molar-refractivity contribution in [1.29, 1.82) is 0 Å². The van der Waals surface area contributed by atoms with Crippen molar-refractivity contribution >= 4 is 23.1 Å². The summed E-state index contributed by atoms with van der Waals surface area (Å²) in [6.45, 7) is 10.6. The van der Waals surface area contributed by atoms with Crippen LogP contribution in [0.1, 0.15) is 34.6 Å². The molecule has 1 heterocycles. The lowest BCUT2D eigenvalue weighted by molar-refractivity contribution is -0.162. The van der Waals surface area contributed by atoms with Gasteiger partial charge in [-0.05, 0) is 34.6 Å². The average Bonchev–Trinajstić information content (AvgIpc) is 2.12. The van der Waals surface area contributed by atoms with Crippen molar-refractivity contribution in [2.75, 3.05) is 13.1 Å². The number of nitrogens with zero attached hydrogens (tertiary/aromatic N) is 1. The lowest BCUT2D eigenvalue weighted by Crippen LogP contribution is -2.58. The van der Waals surface area contributed by atoms with Gasteiger partial charge >= 0.3 is 0 Å². The second-order valence-corrected chi connectivity index (χ2v) is 6.30. The molecule has 1 saturated heterocycles. The normalized spacial score (nSPS) is 24.5. The monoisotopic (exact) mass is 258 g/mol. The topological polar surface area (TPSA) is 55.6 Å². The molecule has 4 nitrogen and oxygen atoms in total. The van der Waals surface area contributed by atoms with E-state index in [2.05, 4.69) is 0 Å².